The molecular formula is C9H14O2. The second kappa shape index (κ2) is 3.56. The van der Waals surface area contributed by atoms with Crippen LogP contribution in [0.5, 0.6) is 0 Å². The Kier molecular flexibility index (Phi) is 2.69. The Morgan fingerprint density at radius 3 is 2.91 bits per heavy atom. The normalized spacial score (nSPS) is 19.5. The minimum atomic E-state index is -0.178. The minimum absolute atomic E-state index is 0.178. The zero-order valence-corrected chi connectivity index (χ0v) is 7.09. The summed E-state index contributed by atoms with van der Waals surface area (Å²) in [7, 11) is 0. The summed E-state index contributed by atoms with van der Waals surface area (Å²) in [6, 6.07) is 0. The maximum Gasteiger partial charge on any atom is 0.331 e. The van der Waals surface area contributed by atoms with E-state index in [1.54, 1.807) is 6.08 Å². The average molecular weight is 154 g/mol. The summed E-state index contributed by atoms with van der Waals surface area (Å²) >= 11 is 0. The van der Waals surface area contributed by atoms with Gasteiger partial charge in [0.2, 0.25) is 0 Å². The number of carbonyl (C=O) groups excluding carboxylic acids is 1. The van der Waals surface area contributed by atoms with Gasteiger partial charge in [-0.05, 0) is 17.9 Å². The first-order chi connectivity index (χ1) is 5.24. The lowest BCUT2D eigenvalue weighted by Crippen LogP contribution is -2.00. The SMILES string of the molecule is CCCC(C)C1=CC(=O)OC1. The standard InChI is InChI=1S/C9H14O2/c1-3-4-7(2)8-5-9(10)11-6-8/h5,7H,3-4,6H2,1-2H3. The lowest BCUT2D eigenvalue weighted by Gasteiger charge is -2.08. The molecule has 0 saturated heterocycles. The number of ether oxygens (including phenoxy) is 1. The van der Waals surface area contributed by atoms with Crippen LogP contribution < -0.4 is 0 Å². The fourth-order valence-electron chi connectivity index (χ4n) is 1.29. The van der Waals surface area contributed by atoms with Crippen LogP contribution in [0.15, 0.2) is 11.6 Å². The van der Waals surface area contributed by atoms with E-state index in [4.69, 9.17) is 4.74 Å². The van der Waals surface area contributed by atoms with Crippen molar-refractivity contribution in [3.05, 3.63) is 11.6 Å². The zero-order valence-electron chi connectivity index (χ0n) is 7.09. The van der Waals surface area contributed by atoms with Gasteiger partial charge in [-0.25, -0.2) is 4.79 Å². The second-order valence-corrected chi connectivity index (χ2v) is 3.02. The summed E-state index contributed by atoms with van der Waals surface area (Å²) in [5.41, 5.74) is 1.15. The highest BCUT2D eigenvalue weighted by Crippen LogP contribution is 2.20. The molecule has 0 aliphatic carbocycles. The van der Waals surface area contributed by atoms with Crippen LogP contribution in [-0.2, 0) is 9.53 Å². The monoisotopic (exact) mass is 154 g/mol. The summed E-state index contributed by atoms with van der Waals surface area (Å²) in [4.78, 5) is 10.7. The van der Waals surface area contributed by atoms with Crippen molar-refractivity contribution in [1.82, 2.24) is 0 Å². The van der Waals surface area contributed by atoms with Crippen LogP contribution in [0.3, 0.4) is 0 Å². The van der Waals surface area contributed by atoms with Crippen LogP contribution >= 0.6 is 0 Å². The summed E-state index contributed by atoms with van der Waals surface area (Å²) in [5, 5.41) is 0. The third kappa shape index (κ3) is 2.07. The summed E-state index contributed by atoms with van der Waals surface area (Å²) in [5.74, 6) is 0.328. The molecular weight excluding hydrogens is 140 g/mol. The smallest absolute Gasteiger partial charge is 0.331 e. The molecule has 1 aliphatic rings. The van der Waals surface area contributed by atoms with Gasteiger partial charge in [-0.2, -0.15) is 0 Å². The lowest BCUT2D eigenvalue weighted by molar-refractivity contribution is -0.134. The average Bonchev–Trinajstić information content (AvgIpc) is 2.36. The van der Waals surface area contributed by atoms with E-state index in [-0.39, 0.29) is 5.97 Å². The highest BCUT2D eigenvalue weighted by atomic mass is 16.5. The second-order valence-electron chi connectivity index (χ2n) is 3.02. The Morgan fingerprint density at radius 2 is 2.45 bits per heavy atom. The first kappa shape index (κ1) is 8.31. The van der Waals surface area contributed by atoms with Gasteiger partial charge in [-0.15, -0.1) is 0 Å². The predicted molar refractivity (Wildman–Crippen MR) is 43.1 cm³/mol. The quantitative estimate of drug-likeness (QED) is 0.580. The number of carbonyl (C=O) groups is 1. The van der Waals surface area contributed by atoms with Crippen LogP contribution in [0.1, 0.15) is 26.7 Å². The summed E-state index contributed by atoms with van der Waals surface area (Å²) in [6.45, 7) is 4.80. The predicted octanol–water partition coefficient (Wildman–Crippen LogP) is 1.91. The maximum absolute atomic E-state index is 10.7. The Morgan fingerprint density at radius 1 is 1.73 bits per heavy atom. The maximum atomic E-state index is 10.7. The van der Waals surface area contributed by atoms with Gasteiger partial charge in [0, 0.05) is 6.08 Å². The molecule has 2 heteroatoms. The van der Waals surface area contributed by atoms with E-state index < -0.39 is 0 Å². The molecule has 0 aromatic heterocycles. The molecule has 1 aliphatic heterocycles. The van der Waals surface area contributed by atoms with Crippen LogP contribution in [0.25, 0.3) is 0 Å². The highest BCUT2D eigenvalue weighted by molar-refractivity contribution is 5.85. The lowest BCUT2D eigenvalue weighted by atomic mass is 9.97. The Labute approximate surface area is 67.2 Å². The Hall–Kier alpha value is -0.790. The molecule has 0 fully saturated rings. The fourth-order valence-corrected chi connectivity index (χ4v) is 1.29. The third-order valence-corrected chi connectivity index (χ3v) is 2.04. The molecule has 1 unspecified atom stereocenters. The zero-order chi connectivity index (χ0) is 8.27. The Balaban J connectivity index is 2.47. The van der Waals surface area contributed by atoms with Gasteiger partial charge in [0.1, 0.15) is 6.61 Å². The van der Waals surface area contributed by atoms with E-state index in [0.717, 1.165) is 18.4 Å². The van der Waals surface area contributed by atoms with Crippen LogP contribution in [0.4, 0.5) is 0 Å². The van der Waals surface area contributed by atoms with Crippen LogP contribution in [0.2, 0.25) is 0 Å². The molecule has 62 valence electrons. The van der Waals surface area contributed by atoms with Crippen molar-refractivity contribution in [3.63, 3.8) is 0 Å². The molecule has 0 N–H and O–H groups in total. The van der Waals surface area contributed by atoms with E-state index in [2.05, 4.69) is 13.8 Å². The first-order valence-electron chi connectivity index (χ1n) is 4.11. The molecule has 0 saturated carbocycles. The third-order valence-electron chi connectivity index (χ3n) is 2.04. The van der Waals surface area contributed by atoms with Crippen molar-refractivity contribution in [2.75, 3.05) is 6.61 Å². The van der Waals surface area contributed by atoms with E-state index in [1.807, 2.05) is 0 Å². The molecule has 0 aromatic rings. The van der Waals surface area contributed by atoms with E-state index >= 15 is 0 Å². The van der Waals surface area contributed by atoms with Crippen LogP contribution in [-0.4, -0.2) is 12.6 Å². The van der Waals surface area contributed by atoms with E-state index in [9.17, 15) is 4.79 Å². The molecule has 2 nitrogen and oxygen atoms in total. The van der Waals surface area contributed by atoms with Crippen LogP contribution in [0, 0.1) is 5.92 Å². The van der Waals surface area contributed by atoms with Crippen molar-refractivity contribution >= 4 is 5.97 Å². The molecule has 1 atom stereocenters. The first-order valence-corrected chi connectivity index (χ1v) is 4.11. The topological polar surface area (TPSA) is 26.3 Å². The molecule has 0 spiro atoms. The fraction of sp³-hybridized carbons (Fsp3) is 0.667. The van der Waals surface area contributed by atoms with Gasteiger partial charge in [0.05, 0.1) is 0 Å². The number of hydrogen-bond acceptors (Lipinski definition) is 2. The van der Waals surface area contributed by atoms with Crippen molar-refractivity contribution < 1.29 is 9.53 Å². The van der Waals surface area contributed by atoms with Gasteiger partial charge >= 0.3 is 5.97 Å². The van der Waals surface area contributed by atoms with Crippen molar-refractivity contribution in [3.8, 4) is 0 Å². The molecule has 1 rings (SSSR count). The van der Waals surface area contributed by atoms with E-state index in [1.165, 1.54) is 0 Å². The molecule has 0 amide bonds. The van der Waals surface area contributed by atoms with Gasteiger partial charge in [0.25, 0.3) is 0 Å². The number of esters is 1. The van der Waals surface area contributed by atoms with Gasteiger partial charge in [-0.1, -0.05) is 20.3 Å². The molecule has 0 radical (unpaired) electrons. The highest BCUT2D eigenvalue weighted by Gasteiger charge is 2.17. The summed E-state index contributed by atoms with van der Waals surface area (Å²) < 4.78 is 4.80. The largest absolute Gasteiger partial charge is 0.458 e. The minimum Gasteiger partial charge on any atom is -0.458 e. The molecule has 0 aromatic carbocycles. The van der Waals surface area contributed by atoms with Gasteiger partial charge in [0.15, 0.2) is 0 Å². The number of hydrogen-bond donors (Lipinski definition) is 0. The number of cyclic esters (lactones) is 1. The molecule has 1 heterocycles. The van der Waals surface area contributed by atoms with Crippen molar-refractivity contribution in [1.29, 1.82) is 0 Å². The van der Waals surface area contributed by atoms with Gasteiger partial charge in [-0.3, -0.25) is 0 Å². The molecule has 0 bridgehead atoms. The van der Waals surface area contributed by atoms with Crippen molar-refractivity contribution in [2.24, 2.45) is 5.92 Å². The number of rotatable bonds is 3. The van der Waals surface area contributed by atoms with E-state index in [0.29, 0.717) is 12.5 Å². The van der Waals surface area contributed by atoms with Gasteiger partial charge < -0.3 is 4.74 Å². The summed E-state index contributed by atoms with van der Waals surface area (Å²) in [6.07, 6.45) is 3.93. The van der Waals surface area contributed by atoms with Crippen molar-refractivity contribution in [2.45, 2.75) is 26.7 Å². The molecule has 11 heavy (non-hydrogen) atoms. The Bertz CT molecular complexity index is 182.